The molecule has 3 nitrogen and oxygen atoms in total. The molecule has 0 fully saturated rings. The first-order chi connectivity index (χ1) is 8.34. The molecule has 1 aromatic rings. The van der Waals surface area contributed by atoms with Crippen LogP contribution in [0.3, 0.4) is 0 Å². The van der Waals surface area contributed by atoms with Crippen molar-refractivity contribution in [1.82, 2.24) is 4.98 Å². The number of carbonyl (C=O) groups is 1. The summed E-state index contributed by atoms with van der Waals surface area (Å²) in [6, 6.07) is 2.14. The van der Waals surface area contributed by atoms with Gasteiger partial charge in [0.05, 0.1) is 6.61 Å². The normalized spacial score (nSPS) is 11.8. The van der Waals surface area contributed by atoms with Crippen molar-refractivity contribution in [3.8, 4) is 0 Å². The first kappa shape index (κ1) is 14.2. The molecule has 0 N–H and O–H groups in total. The predicted octanol–water partition coefficient (Wildman–Crippen LogP) is 2.99. The van der Waals surface area contributed by atoms with Crippen molar-refractivity contribution >= 4 is 12.0 Å². The molecule has 0 radical (unpaired) electrons. The lowest BCUT2D eigenvalue weighted by atomic mass is 10.1. The van der Waals surface area contributed by atoms with E-state index < -0.39 is 17.8 Å². The third-order valence-electron chi connectivity index (χ3n) is 2.10. The van der Waals surface area contributed by atoms with Crippen LogP contribution in [0.1, 0.15) is 23.9 Å². The third-order valence-corrected chi connectivity index (χ3v) is 2.10. The highest BCUT2D eigenvalue weighted by Gasteiger charge is 2.32. The van der Waals surface area contributed by atoms with E-state index in [1.165, 1.54) is 19.1 Å². The van der Waals surface area contributed by atoms with Crippen LogP contribution in [0.15, 0.2) is 18.2 Å². The average molecular weight is 259 g/mol. The van der Waals surface area contributed by atoms with E-state index in [0.29, 0.717) is 5.56 Å². The highest BCUT2D eigenvalue weighted by atomic mass is 19.4. The Morgan fingerprint density at radius 3 is 2.61 bits per heavy atom. The molecular formula is C12H12F3NO2. The molecule has 0 spiro atoms. The second kappa shape index (κ2) is 5.66. The minimum atomic E-state index is -4.46. The Morgan fingerprint density at radius 2 is 2.11 bits per heavy atom. The highest BCUT2D eigenvalue weighted by molar-refractivity contribution is 5.87. The molecule has 0 atom stereocenters. The lowest BCUT2D eigenvalue weighted by Crippen LogP contribution is -2.09. The Hall–Kier alpha value is -1.85. The van der Waals surface area contributed by atoms with Crippen molar-refractivity contribution in [2.24, 2.45) is 0 Å². The highest BCUT2D eigenvalue weighted by Crippen LogP contribution is 2.28. The van der Waals surface area contributed by atoms with E-state index in [-0.39, 0.29) is 12.3 Å². The van der Waals surface area contributed by atoms with Crippen molar-refractivity contribution in [3.63, 3.8) is 0 Å². The molecule has 98 valence electrons. The zero-order chi connectivity index (χ0) is 13.8. The standard InChI is InChI=1S/C12H12F3NO2/c1-3-18-11(17)7-5-9-4-6-10(12(13,14)15)16-8(9)2/h4-7H,3H2,1-2H3/b7-5+. The second-order valence-electron chi connectivity index (χ2n) is 3.45. The summed E-state index contributed by atoms with van der Waals surface area (Å²) in [5.41, 5.74) is -0.310. The Morgan fingerprint density at radius 1 is 1.44 bits per heavy atom. The van der Waals surface area contributed by atoms with Gasteiger partial charge in [0.25, 0.3) is 0 Å². The van der Waals surface area contributed by atoms with Crippen LogP contribution < -0.4 is 0 Å². The van der Waals surface area contributed by atoms with Crippen LogP contribution in [0.5, 0.6) is 0 Å². The minimum Gasteiger partial charge on any atom is -0.463 e. The van der Waals surface area contributed by atoms with Crippen LogP contribution in [-0.4, -0.2) is 17.6 Å². The molecule has 6 heteroatoms. The van der Waals surface area contributed by atoms with Gasteiger partial charge in [0.2, 0.25) is 0 Å². The maximum Gasteiger partial charge on any atom is 0.433 e. The Labute approximate surface area is 102 Å². The number of hydrogen-bond acceptors (Lipinski definition) is 3. The Kier molecular flexibility index (Phi) is 4.47. The molecule has 0 bridgehead atoms. The number of aromatic nitrogens is 1. The van der Waals surface area contributed by atoms with Crippen LogP contribution in [0.4, 0.5) is 13.2 Å². The molecule has 0 aromatic carbocycles. The SMILES string of the molecule is CCOC(=O)/C=C/c1ccc(C(F)(F)F)nc1C. The smallest absolute Gasteiger partial charge is 0.433 e. The fourth-order valence-corrected chi connectivity index (χ4v) is 1.25. The maximum atomic E-state index is 12.4. The van der Waals surface area contributed by atoms with E-state index in [4.69, 9.17) is 0 Å². The molecule has 0 aliphatic carbocycles. The monoisotopic (exact) mass is 259 g/mol. The summed E-state index contributed by atoms with van der Waals surface area (Å²) < 4.78 is 41.7. The van der Waals surface area contributed by atoms with Crippen molar-refractivity contribution < 1.29 is 22.7 Å². The van der Waals surface area contributed by atoms with Gasteiger partial charge in [0, 0.05) is 11.8 Å². The molecule has 1 rings (SSSR count). The van der Waals surface area contributed by atoms with Gasteiger partial charge >= 0.3 is 12.1 Å². The van der Waals surface area contributed by atoms with Gasteiger partial charge in [0.15, 0.2) is 0 Å². The molecule has 0 saturated heterocycles. The van der Waals surface area contributed by atoms with Crippen LogP contribution in [0.25, 0.3) is 6.08 Å². The fourth-order valence-electron chi connectivity index (χ4n) is 1.25. The number of carbonyl (C=O) groups excluding carboxylic acids is 1. The number of ether oxygens (including phenoxy) is 1. The summed E-state index contributed by atoms with van der Waals surface area (Å²) in [7, 11) is 0. The van der Waals surface area contributed by atoms with Gasteiger partial charge in [0.1, 0.15) is 5.69 Å². The topological polar surface area (TPSA) is 39.2 Å². The van der Waals surface area contributed by atoms with Crippen molar-refractivity contribution in [2.45, 2.75) is 20.0 Å². The van der Waals surface area contributed by atoms with Gasteiger partial charge in [-0.05, 0) is 31.6 Å². The van der Waals surface area contributed by atoms with Crippen LogP contribution in [-0.2, 0) is 15.7 Å². The number of halogens is 3. The van der Waals surface area contributed by atoms with Crippen LogP contribution in [0, 0.1) is 6.92 Å². The molecule has 1 aromatic heterocycles. The van der Waals surface area contributed by atoms with E-state index in [9.17, 15) is 18.0 Å². The minimum absolute atomic E-state index is 0.199. The zero-order valence-electron chi connectivity index (χ0n) is 9.91. The van der Waals surface area contributed by atoms with Gasteiger partial charge < -0.3 is 4.74 Å². The first-order valence-corrected chi connectivity index (χ1v) is 5.24. The number of aryl methyl sites for hydroxylation is 1. The van der Waals surface area contributed by atoms with Crippen molar-refractivity contribution in [1.29, 1.82) is 0 Å². The summed E-state index contributed by atoms with van der Waals surface area (Å²) in [5, 5.41) is 0. The van der Waals surface area contributed by atoms with Crippen LogP contribution in [0.2, 0.25) is 0 Å². The summed E-state index contributed by atoms with van der Waals surface area (Å²) in [4.78, 5) is 14.5. The quantitative estimate of drug-likeness (QED) is 0.618. The number of pyridine rings is 1. The first-order valence-electron chi connectivity index (χ1n) is 5.24. The van der Waals surface area contributed by atoms with E-state index in [1.54, 1.807) is 6.92 Å². The molecular weight excluding hydrogens is 247 g/mol. The van der Waals surface area contributed by atoms with E-state index in [1.807, 2.05) is 0 Å². The molecule has 0 aliphatic rings. The van der Waals surface area contributed by atoms with Gasteiger partial charge in [-0.2, -0.15) is 13.2 Å². The van der Waals surface area contributed by atoms with Crippen LogP contribution >= 0.6 is 0 Å². The van der Waals surface area contributed by atoms with Gasteiger partial charge in [-0.25, -0.2) is 9.78 Å². The maximum absolute atomic E-state index is 12.4. The third kappa shape index (κ3) is 3.87. The molecule has 0 saturated carbocycles. The van der Waals surface area contributed by atoms with Gasteiger partial charge in [-0.15, -0.1) is 0 Å². The molecule has 0 aliphatic heterocycles. The number of alkyl halides is 3. The number of esters is 1. The van der Waals surface area contributed by atoms with Gasteiger partial charge in [-0.1, -0.05) is 6.07 Å². The van der Waals surface area contributed by atoms with Crippen molar-refractivity contribution in [3.05, 3.63) is 35.2 Å². The number of nitrogens with zero attached hydrogens (tertiary/aromatic N) is 1. The Balaban J connectivity index is 2.90. The lowest BCUT2D eigenvalue weighted by molar-refractivity contribution is -0.141. The van der Waals surface area contributed by atoms with Gasteiger partial charge in [-0.3, -0.25) is 0 Å². The van der Waals surface area contributed by atoms with E-state index in [2.05, 4.69) is 9.72 Å². The molecule has 0 unspecified atom stereocenters. The lowest BCUT2D eigenvalue weighted by Gasteiger charge is -2.07. The summed E-state index contributed by atoms with van der Waals surface area (Å²) in [5.74, 6) is -0.545. The summed E-state index contributed by atoms with van der Waals surface area (Å²) in [6.45, 7) is 3.35. The molecule has 18 heavy (non-hydrogen) atoms. The zero-order valence-corrected chi connectivity index (χ0v) is 9.91. The number of rotatable bonds is 3. The molecule has 0 amide bonds. The van der Waals surface area contributed by atoms with E-state index >= 15 is 0 Å². The summed E-state index contributed by atoms with van der Waals surface area (Å²) >= 11 is 0. The largest absolute Gasteiger partial charge is 0.463 e. The number of hydrogen-bond donors (Lipinski definition) is 0. The molecule has 1 heterocycles. The summed E-state index contributed by atoms with van der Waals surface area (Å²) in [6.07, 6.45) is -1.94. The Bertz CT molecular complexity index is 467. The fraction of sp³-hybridized carbons (Fsp3) is 0.333. The second-order valence-corrected chi connectivity index (χ2v) is 3.45. The average Bonchev–Trinajstić information content (AvgIpc) is 2.26. The predicted molar refractivity (Wildman–Crippen MR) is 59.6 cm³/mol. The van der Waals surface area contributed by atoms with Crippen molar-refractivity contribution in [2.75, 3.05) is 6.61 Å². The van der Waals surface area contributed by atoms with E-state index in [0.717, 1.165) is 12.1 Å².